The van der Waals surface area contributed by atoms with E-state index in [2.05, 4.69) is 9.60 Å². The molecule has 0 saturated carbocycles. The van der Waals surface area contributed by atoms with E-state index in [4.69, 9.17) is 4.55 Å². The van der Waals surface area contributed by atoms with Gasteiger partial charge in [0, 0.05) is 6.54 Å². The minimum absolute atomic E-state index is 0.0645. The van der Waals surface area contributed by atoms with Crippen molar-refractivity contribution < 1.29 is 31.9 Å². The molecular weight excluding hydrogens is 354 g/mol. The van der Waals surface area contributed by atoms with E-state index in [1.165, 1.54) is 4.90 Å². The zero-order valence-corrected chi connectivity index (χ0v) is 14.8. The highest BCUT2D eigenvalue weighted by atomic mass is 32.3. The van der Waals surface area contributed by atoms with Crippen LogP contribution < -0.4 is 5.32 Å². The van der Waals surface area contributed by atoms with Gasteiger partial charge in [-0.3, -0.25) is 4.55 Å². The molecule has 0 aliphatic carbocycles. The Balaban J connectivity index is 1.89. The van der Waals surface area contributed by atoms with E-state index in [1.807, 2.05) is 6.92 Å². The SMILES string of the molecule is CC1(C[C@]2(C(=O)O)CC[C@@H]3CN2C(=O)N3OS(=O)(=O)O)CCNCC1. The van der Waals surface area contributed by atoms with Crippen LogP contribution in [0.25, 0.3) is 0 Å². The van der Waals surface area contributed by atoms with Crippen LogP contribution in [0.3, 0.4) is 0 Å². The second-order valence-electron chi connectivity index (χ2n) is 7.49. The van der Waals surface area contributed by atoms with Gasteiger partial charge >= 0.3 is 22.4 Å². The van der Waals surface area contributed by atoms with E-state index < -0.39 is 34.0 Å². The molecule has 0 unspecified atom stereocenters. The van der Waals surface area contributed by atoms with Crippen molar-refractivity contribution in [3.8, 4) is 0 Å². The fraction of sp³-hybridized carbons (Fsp3) is 0.857. The van der Waals surface area contributed by atoms with Crippen molar-refractivity contribution in [2.24, 2.45) is 5.41 Å². The number of fused-ring (bicyclic) bond motifs is 2. The number of rotatable bonds is 5. The summed E-state index contributed by atoms with van der Waals surface area (Å²) in [6.45, 7) is 3.67. The second-order valence-corrected chi connectivity index (χ2v) is 8.49. The number of urea groups is 1. The topological polar surface area (TPSA) is 136 Å². The third kappa shape index (κ3) is 3.33. The normalized spacial score (nSPS) is 32.1. The molecule has 3 saturated heterocycles. The van der Waals surface area contributed by atoms with Crippen LogP contribution in [0.5, 0.6) is 0 Å². The van der Waals surface area contributed by atoms with Crippen LogP contribution in [0.15, 0.2) is 0 Å². The van der Waals surface area contributed by atoms with Gasteiger partial charge in [-0.25, -0.2) is 9.59 Å². The van der Waals surface area contributed by atoms with Crippen molar-refractivity contribution in [3.63, 3.8) is 0 Å². The predicted octanol–water partition coefficient (Wildman–Crippen LogP) is 0.224. The molecule has 3 N–H and O–H groups in total. The van der Waals surface area contributed by atoms with Gasteiger partial charge in [0.25, 0.3) is 0 Å². The Kier molecular flexibility index (Phi) is 4.46. The van der Waals surface area contributed by atoms with Crippen LogP contribution >= 0.6 is 0 Å². The largest absolute Gasteiger partial charge is 0.479 e. The molecular formula is C14H23N3O7S. The minimum Gasteiger partial charge on any atom is -0.479 e. The Morgan fingerprint density at radius 1 is 1.36 bits per heavy atom. The highest BCUT2D eigenvalue weighted by molar-refractivity contribution is 7.80. The minimum atomic E-state index is -4.85. The lowest BCUT2D eigenvalue weighted by molar-refractivity contribution is -0.154. The molecule has 0 aromatic carbocycles. The molecule has 3 aliphatic heterocycles. The Bertz CT molecular complexity index is 676. The maximum absolute atomic E-state index is 12.6. The number of carbonyl (C=O) groups excluding carboxylic acids is 1. The highest BCUT2D eigenvalue weighted by Gasteiger charge is 2.59. The van der Waals surface area contributed by atoms with Gasteiger partial charge in [-0.2, -0.15) is 13.5 Å². The summed E-state index contributed by atoms with van der Waals surface area (Å²) in [4.78, 5) is 26.0. The lowest BCUT2D eigenvalue weighted by Crippen LogP contribution is -2.60. The van der Waals surface area contributed by atoms with Gasteiger partial charge in [0.1, 0.15) is 5.54 Å². The van der Waals surface area contributed by atoms with Crippen molar-refractivity contribution in [3.05, 3.63) is 0 Å². The number of hydrogen-bond donors (Lipinski definition) is 3. The van der Waals surface area contributed by atoms with Crippen molar-refractivity contribution in [1.82, 2.24) is 15.3 Å². The molecule has 3 fully saturated rings. The first-order valence-corrected chi connectivity index (χ1v) is 9.65. The summed E-state index contributed by atoms with van der Waals surface area (Å²) in [5.41, 5.74) is -1.62. The first-order chi connectivity index (χ1) is 11.6. The van der Waals surface area contributed by atoms with Crippen molar-refractivity contribution in [2.75, 3.05) is 19.6 Å². The van der Waals surface area contributed by atoms with Crippen LogP contribution in [-0.2, 0) is 19.5 Å². The fourth-order valence-electron chi connectivity index (χ4n) is 4.33. The number of carbonyl (C=O) groups is 2. The van der Waals surface area contributed by atoms with E-state index >= 15 is 0 Å². The maximum atomic E-state index is 12.6. The van der Waals surface area contributed by atoms with Crippen molar-refractivity contribution in [2.45, 2.75) is 50.6 Å². The van der Waals surface area contributed by atoms with Crippen LogP contribution in [0.4, 0.5) is 4.79 Å². The average molecular weight is 377 g/mol. The number of carboxylic acid groups (broad SMARTS) is 1. The van der Waals surface area contributed by atoms with Gasteiger partial charge in [0.05, 0.1) is 6.04 Å². The number of hydroxylamine groups is 2. The molecule has 2 bridgehead atoms. The number of amides is 2. The van der Waals surface area contributed by atoms with E-state index in [0.717, 1.165) is 25.9 Å². The molecule has 0 aromatic heterocycles. The first-order valence-electron chi connectivity index (χ1n) is 8.28. The molecule has 2 atom stereocenters. The lowest BCUT2D eigenvalue weighted by atomic mass is 9.68. The van der Waals surface area contributed by atoms with E-state index in [0.29, 0.717) is 17.9 Å². The first kappa shape index (κ1) is 18.4. The Morgan fingerprint density at radius 2 is 2.00 bits per heavy atom. The highest BCUT2D eigenvalue weighted by Crippen LogP contribution is 2.46. The Morgan fingerprint density at radius 3 is 2.56 bits per heavy atom. The van der Waals surface area contributed by atoms with Crippen LogP contribution in [-0.4, -0.2) is 71.3 Å². The molecule has 25 heavy (non-hydrogen) atoms. The third-order valence-electron chi connectivity index (χ3n) is 5.65. The second kappa shape index (κ2) is 6.08. The van der Waals surface area contributed by atoms with Gasteiger partial charge in [0.2, 0.25) is 0 Å². The number of hydrogen-bond acceptors (Lipinski definition) is 6. The molecule has 11 heteroatoms. The standard InChI is InChI=1S/C14H23N3O7S/c1-13(4-6-15-7-5-13)9-14(11(18)19)3-2-10-8-16(14)12(20)17(10)24-25(21,22)23/h10,15H,2-9H2,1H3,(H,18,19)(H,21,22,23)/t10-,14+/m1/s1. The zero-order valence-electron chi connectivity index (χ0n) is 14.0. The van der Waals surface area contributed by atoms with Gasteiger partial charge < -0.3 is 15.3 Å². The van der Waals surface area contributed by atoms with Crippen LogP contribution in [0.1, 0.15) is 39.0 Å². The summed E-state index contributed by atoms with van der Waals surface area (Å²) in [6, 6.07) is -1.43. The molecule has 10 nitrogen and oxygen atoms in total. The molecule has 142 valence electrons. The third-order valence-corrected chi connectivity index (χ3v) is 6.00. The maximum Gasteiger partial charge on any atom is 0.418 e. The Labute approximate surface area is 146 Å². The summed E-state index contributed by atoms with van der Waals surface area (Å²) < 4.78 is 35.2. The number of aliphatic carboxylic acids is 1. The Hall–Kier alpha value is -1.43. The molecule has 2 amide bonds. The van der Waals surface area contributed by atoms with Gasteiger partial charge in [-0.15, -0.1) is 4.28 Å². The summed E-state index contributed by atoms with van der Waals surface area (Å²) in [5, 5.41) is 13.8. The summed E-state index contributed by atoms with van der Waals surface area (Å²) in [6.07, 6.45) is 2.41. The molecule has 3 aliphatic rings. The predicted molar refractivity (Wildman–Crippen MR) is 84.8 cm³/mol. The number of piperidine rings is 2. The van der Waals surface area contributed by atoms with Crippen LogP contribution in [0.2, 0.25) is 0 Å². The smallest absolute Gasteiger partial charge is 0.418 e. The van der Waals surface area contributed by atoms with Gasteiger partial charge in [-0.1, -0.05) is 6.92 Å². The summed E-state index contributed by atoms with van der Waals surface area (Å²) in [5.74, 6) is -1.09. The van der Waals surface area contributed by atoms with Crippen molar-refractivity contribution in [1.29, 1.82) is 0 Å². The summed E-state index contributed by atoms with van der Waals surface area (Å²) in [7, 11) is -4.85. The number of nitrogens with zero attached hydrogens (tertiary/aromatic N) is 2. The van der Waals surface area contributed by atoms with Crippen molar-refractivity contribution >= 4 is 22.4 Å². The average Bonchev–Trinajstić information content (AvgIpc) is 2.75. The van der Waals surface area contributed by atoms with Gasteiger partial charge in [0.15, 0.2) is 0 Å². The molecule has 0 spiro atoms. The monoisotopic (exact) mass is 377 g/mol. The molecule has 0 radical (unpaired) electrons. The number of carboxylic acids is 1. The molecule has 3 rings (SSSR count). The zero-order chi connectivity index (χ0) is 18.5. The van der Waals surface area contributed by atoms with E-state index in [9.17, 15) is 23.1 Å². The van der Waals surface area contributed by atoms with E-state index in [1.54, 1.807) is 0 Å². The number of nitrogens with one attached hydrogen (secondary N) is 1. The molecule has 3 heterocycles. The fourth-order valence-corrected chi connectivity index (χ4v) is 4.72. The lowest BCUT2D eigenvalue weighted by Gasteiger charge is -2.46. The quantitative estimate of drug-likeness (QED) is 0.579. The summed E-state index contributed by atoms with van der Waals surface area (Å²) >= 11 is 0. The van der Waals surface area contributed by atoms with E-state index in [-0.39, 0.29) is 18.4 Å². The van der Waals surface area contributed by atoms with Gasteiger partial charge in [-0.05, 0) is 50.6 Å². The van der Waals surface area contributed by atoms with Crippen LogP contribution in [0, 0.1) is 5.41 Å². The molecule has 0 aromatic rings.